The SMILES string of the molecule is O=C(CN1CCC(c2nnc3ccccn23)CC1)NCc1ccc(-c2ccc(Cl)cc2)o1. The number of fused-ring (bicyclic) bond motifs is 1. The van der Waals surface area contributed by atoms with Crippen molar-refractivity contribution in [3.8, 4) is 11.3 Å². The number of halogens is 1. The van der Waals surface area contributed by atoms with Gasteiger partial charge in [0.1, 0.15) is 17.3 Å². The van der Waals surface area contributed by atoms with Crippen LogP contribution in [0.5, 0.6) is 0 Å². The quantitative estimate of drug-likeness (QED) is 0.478. The standard InChI is InChI=1S/C24H24ClN5O2/c25-19-6-4-17(5-7-19)21-9-8-20(32-21)15-26-23(31)16-29-13-10-18(11-14-29)24-28-27-22-3-1-2-12-30(22)24/h1-9,12,18H,10-11,13-16H2,(H,26,31). The van der Waals surface area contributed by atoms with Gasteiger partial charge in [0.15, 0.2) is 5.65 Å². The Morgan fingerprint density at radius 3 is 2.69 bits per heavy atom. The predicted octanol–water partition coefficient (Wildman–Crippen LogP) is 4.14. The van der Waals surface area contributed by atoms with Gasteiger partial charge in [-0.25, -0.2) is 0 Å². The van der Waals surface area contributed by atoms with E-state index >= 15 is 0 Å². The fourth-order valence-electron chi connectivity index (χ4n) is 4.17. The molecule has 1 aromatic carbocycles. The van der Waals surface area contributed by atoms with E-state index in [9.17, 15) is 4.79 Å². The van der Waals surface area contributed by atoms with E-state index < -0.39 is 0 Å². The van der Waals surface area contributed by atoms with Gasteiger partial charge in [-0.1, -0.05) is 17.7 Å². The molecule has 1 aliphatic heterocycles. The van der Waals surface area contributed by atoms with Crippen LogP contribution in [0.25, 0.3) is 17.0 Å². The molecule has 32 heavy (non-hydrogen) atoms. The Balaban J connectivity index is 1.10. The number of carbonyl (C=O) groups is 1. The Morgan fingerprint density at radius 1 is 1.06 bits per heavy atom. The molecule has 3 aromatic heterocycles. The summed E-state index contributed by atoms with van der Waals surface area (Å²) in [5.74, 6) is 2.86. The first-order valence-corrected chi connectivity index (χ1v) is 11.2. The lowest BCUT2D eigenvalue weighted by Crippen LogP contribution is -2.41. The minimum Gasteiger partial charge on any atom is -0.459 e. The second-order valence-corrected chi connectivity index (χ2v) is 8.52. The normalized spacial score (nSPS) is 15.3. The van der Waals surface area contributed by atoms with E-state index in [1.165, 1.54) is 0 Å². The van der Waals surface area contributed by atoms with Crippen molar-refractivity contribution in [3.63, 3.8) is 0 Å². The number of hydrogen-bond acceptors (Lipinski definition) is 5. The number of carbonyl (C=O) groups excluding carboxylic acids is 1. The maximum Gasteiger partial charge on any atom is 0.234 e. The number of aromatic nitrogens is 3. The third-order valence-corrected chi connectivity index (χ3v) is 6.16. The van der Waals surface area contributed by atoms with Crippen molar-refractivity contribution in [2.75, 3.05) is 19.6 Å². The summed E-state index contributed by atoms with van der Waals surface area (Å²) in [6, 6.07) is 17.2. The van der Waals surface area contributed by atoms with Gasteiger partial charge in [0, 0.05) is 22.7 Å². The van der Waals surface area contributed by atoms with Crippen LogP contribution in [-0.4, -0.2) is 45.0 Å². The van der Waals surface area contributed by atoms with E-state index in [2.05, 4.69) is 24.8 Å². The molecule has 0 unspecified atom stereocenters. The molecule has 4 heterocycles. The summed E-state index contributed by atoms with van der Waals surface area (Å²) in [6.45, 7) is 2.48. The van der Waals surface area contributed by atoms with Crippen molar-refractivity contribution in [2.45, 2.75) is 25.3 Å². The first kappa shape index (κ1) is 20.7. The van der Waals surface area contributed by atoms with Crippen LogP contribution in [0.1, 0.15) is 30.3 Å². The van der Waals surface area contributed by atoms with Gasteiger partial charge < -0.3 is 9.73 Å². The molecule has 5 rings (SSSR count). The average molecular weight is 450 g/mol. The monoisotopic (exact) mass is 449 g/mol. The molecular weight excluding hydrogens is 426 g/mol. The second kappa shape index (κ2) is 9.14. The van der Waals surface area contributed by atoms with Crippen LogP contribution in [0.4, 0.5) is 0 Å². The molecule has 0 bridgehead atoms. The van der Waals surface area contributed by atoms with Crippen molar-refractivity contribution in [3.05, 3.63) is 77.4 Å². The molecule has 1 aliphatic rings. The van der Waals surface area contributed by atoms with E-state index in [0.717, 1.165) is 54.5 Å². The van der Waals surface area contributed by atoms with Crippen LogP contribution in [0.15, 0.2) is 65.2 Å². The van der Waals surface area contributed by atoms with Gasteiger partial charge in [-0.3, -0.25) is 14.1 Å². The number of nitrogens with zero attached hydrogens (tertiary/aromatic N) is 4. The molecule has 0 atom stereocenters. The number of pyridine rings is 1. The number of rotatable bonds is 6. The van der Waals surface area contributed by atoms with Crippen LogP contribution < -0.4 is 5.32 Å². The van der Waals surface area contributed by atoms with Crippen molar-refractivity contribution < 1.29 is 9.21 Å². The van der Waals surface area contributed by atoms with E-state index in [1.54, 1.807) is 0 Å². The number of likely N-dealkylation sites (tertiary alicyclic amines) is 1. The molecule has 8 heteroatoms. The predicted molar refractivity (Wildman–Crippen MR) is 122 cm³/mol. The van der Waals surface area contributed by atoms with E-state index in [1.807, 2.05) is 60.8 Å². The number of hydrogen-bond donors (Lipinski definition) is 1. The molecule has 0 aliphatic carbocycles. The highest BCUT2D eigenvalue weighted by Crippen LogP contribution is 2.27. The summed E-state index contributed by atoms with van der Waals surface area (Å²) in [4.78, 5) is 14.6. The maximum absolute atomic E-state index is 12.4. The van der Waals surface area contributed by atoms with E-state index in [4.69, 9.17) is 16.0 Å². The highest BCUT2D eigenvalue weighted by atomic mass is 35.5. The van der Waals surface area contributed by atoms with Crippen LogP contribution in [0.2, 0.25) is 5.02 Å². The van der Waals surface area contributed by atoms with Gasteiger partial charge >= 0.3 is 0 Å². The van der Waals surface area contributed by atoms with Gasteiger partial charge in [-0.05, 0) is 74.5 Å². The largest absolute Gasteiger partial charge is 0.459 e. The Labute approximate surface area is 191 Å². The van der Waals surface area contributed by atoms with Crippen LogP contribution in [0.3, 0.4) is 0 Å². The molecule has 1 fully saturated rings. The van der Waals surface area contributed by atoms with Crippen molar-refractivity contribution in [1.82, 2.24) is 24.8 Å². The van der Waals surface area contributed by atoms with E-state index in [0.29, 0.717) is 24.0 Å². The Morgan fingerprint density at radius 2 is 1.88 bits per heavy atom. The average Bonchev–Trinajstić information content (AvgIpc) is 3.46. The molecule has 1 N–H and O–H groups in total. The number of furan rings is 1. The molecule has 0 radical (unpaired) electrons. The molecule has 0 spiro atoms. The Kier molecular flexibility index (Phi) is 5.92. The van der Waals surface area contributed by atoms with Gasteiger partial charge in [0.2, 0.25) is 5.91 Å². The first-order chi connectivity index (χ1) is 15.7. The van der Waals surface area contributed by atoms with Crippen molar-refractivity contribution >= 4 is 23.2 Å². The summed E-state index contributed by atoms with van der Waals surface area (Å²) in [5.41, 5.74) is 1.83. The molecule has 0 saturated carbocycles. The lowest BCUT2D eigenvalue weighted by molar-refractivity contribution is -0.122. The van der Waals surface area contributed by atoms with Gasteiger partial charge in [-0.2, -0.15) is 0 Å². The number of piperidine rings is 1. The van der Waals surface area contributed by atoms with Crippen molar-refractivity contribution in [2.24, 2.45) is 0 Å². The molecule has 164 valence electrons. The summed E-state index contributed by atoms with van der Waals surface area (Å²) < 4.78 is 7.92. The third-order valence-electron chi connectivity index (χ3n) is 5.91. The third kappa shape index (κ3) is 4.54. The van der Waals surface area contributed by atoms with Crippen LogP contribution >= 0.6 is 11.6 Å². The highest BCUT2D eigenvalue weighted by molar-refractivity contribution is 6.30. The minimum absolute atomic E-state index is 0.000760. The zero-order chi connectivity index (χ0) is 21.9. The lowest BCUT2D eigenvalue weighted by Gasteiger charge is -2.30. The summed E-state index contributed by atoms with van der Waals surface area (Å²) in [6.07, 6.45) is 3.94. The zero-order valence-corrected chi connectivity index (χ0v) is 18.3. The van der Waals surface area contributed by atoms with Crippen molar-refractivity contribution in [1.29, 1.82) is 0 Å². The molecule has 7 nitrogen and oxygen atoms in total. The van der Waals surface area contributed by atoms with Crippen LogP contribution in [-0.2, 0) is 11.3 Å². The fourth-order valence-corrected chi connectivity index (χ4v) is 4.30. The summed E-state index contributed by atoms with van der Waals surface area (Å²) in [5, 5.41) is 12.3. The smallest absolute Gasteiger partial charge is 0.234 e. The molecular formula is C24H24ClN5O2. The summed E-state index contributed by atoms with van der Waals surface area (Å²) >= 11 is 5.94. The van der Waals surface area contributed by atoms with Gasteiger partial charge in [0.25, 0.3) is 0 Å². The molecule has 4 aromatic rings. The van der Waals surface area contributed by atoms with Crippen LogP contribution in [0, 0.1) is 0 Å². The summed E-state index contributed by atoms with van der Waals surface area (Å²) in [7, 11) is 0. The van der Waals surface area contributed by atoms with E-state index in [-0.39, 0.29) is 5.91 Å². The molecule has 1 saturated heterocycles. The zero-order valence-electron chi connectivity index (χ0n) is 17.6. The first-order valence-electron chi connectivity index (χ1n) is 10.8. The second-order valence-electron chi connectivity index (χ2n) is 8.09. The highest BCUT2D eigenvalue weighted by Gasteiger charge is 2.25. The number of nitrogens with one attached hydrogen (secondary N) is 1. The number of amides is 1. The van der Waals surface area contributed by atoms with Gasteiger partial charge in [-0.15, -0.1) is 10.2 Å². The maximum atomic E-state index is 12.4. The lowest BCUT2D eigenvalue weighted by atomic mass is 9.96. The Bertz CT molecular complexity index is 1210. The Hall–Kier alpha value is -3.16. The minimum atomic E-state index is 0.000760. The fraction of sp³-hybridized carbons (Fsp3) is 0.292. The van der Waals surface area contributed by atoms with Gasteiger partial charge in [0.05, 0.1) is 13.1 Å². The molecule has 1 amide bonds. The number of benzene rings is 1. The topological polar surface area (TPSA) is 75.7 Å².